The van der Waals surface area contributed by atoms with Gasteiger partial charge in [-0.15, -0.1) is 0 Å². The predicted molar refractivity (Wildman–Crippen MR) is 77.1 cm³/mol. The SMILES string of the molecule is Cc1ccc2c(CC(C)(C)O)cn(C(C)C)c2c1. The van der Waals surface area contributed by atoms with Gasteiger partial charge >= 0.3 is 0 Å². The van der Waals surface area contributed by atoms with E-state index in [2.05, 4.69) is 49.7 Å². The number of hydrogen-bond donors (Lipinski definition) is 1. The predicted octanol–water partition coefficient (Wildman–Crippen LogP) is 3.84. The van der Waals surface area contributed by atoms with Gasteiger partial charge in [-0.3, -0.25) is 0 Å². The summed E-state index contributed by atoms with van der Waals surface area (Å²) in [5.74, 6) is 0. The van der Waals surface area contributed by atoms with E-state index in [9.17, 15) is 5.11 Å². The van der Waals surface area contributed by atoms with Crippen LogP contribution in [0.3, 0.4) is 0 Å². The van der Waals surface area contributed by atoms with Crippen LogP contribution in [0.15, 0.2) is 24.4 Å². The molecule has 2 aromatic rings. The van der Waals surface area contributed by atoms with Gasteiger partial charge in [0, 0.05) is 29.6 Å². The molecule has 0 aliphatic rings. The lowest BCUT2D eigenvalue weighted by Gasteiger charge is -2.16. The first-order valence-corrected chi connectivity index (χ1v) is 6.60. The minimum Gasteiger partial charge on any atom is -0.390 e. The van der Waals surface area contributed by atoms with Crippen LogP contribution in [0.4, 0.5) is 0 Å². The van der Waals surface area contributed by atoms with Gasteiger partial charge in [-0.1, -0.05) is 12.1 Å². The molecule has 1 N–H and O–H groups in total. The molecule has 0 unspecified atom stereocenters. The van der Waals surface area contributed by atoms with E-state index in [1.165, 1.54) is 22.0 Å². The number of aryl methyl sites for hydroxylation is 1. The summed E-state index contributed by atoms with van der Waals surface area (Å²) >= 11 is 0. The number of aliphatic hydroxyl groups is 1. The Kier molecular flexibility index (Phi) is 3.24. The van der Waals surface area contributed by atoms with Crippen molar-refractivity contribution in [3.05, 3.63) is 35.5 Å². The molecule has 2 heteroatoms. The molecule has 0 aliphatic carbocycles. The summed E-state index contributed by atoms with van der Waals surface area (Å²) < 4.78 is 2.30. The molecular weight excluding hydrogens is 222 g/mol. The zero-order valence-electron chi connectivity index (χ0n) is 12.0. The van der Waals surface area contributed by atoms with Gasteiger partial charge in [0.1, 0.15) is 0 Å². The number of aromatic nitrogens is 1. The largest absolute Gasteiger partial charge is 0.390 e. The fourth-order valence-corrected chi connectivity index (χ4v) is 2.47. The average Bonchev–Trinajstić information content (AvgIpc) is 2.54. The maximum atomic E-state index is 10.0. The molecule has 2 rings (SSSR count). The molecule has 98 valence electrons. The van der Waals surface area contributed by atoms with E-state index in [0.29, 0.717) is 12.5 Å². The van der Waals surface area contributed by atoms with Crippen molar-refractivity contribution in [2.45, 2.75) is 52.7 Å². The van der Waals surface area contributed by atoms with Gasteiger partial charge in [-0.05, 0) is 51.8 Å². The van der Waals surface area contributed by atoms with Gasteiger partial charge in [0.05, 0.1) is 5.60 Å². The van der Waals surface area contributed by atoms with Crippen molar-refractivity contribution in [1.29, 1.82) is 0 Å². The third-order valence-electron chi connectivity index (χ3n) is 3.25. The fourth-order valence-electron chi connectivity index (χ4n) is 2.47. The Morgan fingerprint density at radius 1 is 1.28 bits per heavy atom. The smallest absolute Gasteiger partial charge is 0.0632 e. The van der Waals surface area contributed by atoms with Gasteiger partial charge in [0.2, 0.25) is 0 Å². The van der Waals surface area contributed by atoms with Crippen LogP contribution in [0.1, 0.15) is 44.9 Å². The number of nitrogens with zero attached hydrogens (tertiary/aromatic N) is 1. The van der Waals surface area contributed by atoms with Crippen LogP contribution in [0.5, 0.6) is 0 Å². The second kappa shape index (κ2) is 4.43. The normalized spacial score (nSPS) is 12.6. The highest BCUT2D eigenvalue weighted by Gasteiger charge is 2.18. The summed E-state index contributed by atoms with van der Waals surface area (Å²) in [5, 5.41) is 11.3. The average molecular weight is 245 g/mol. The Morgan fingerprint density at radius 2 is 1.94 bits per heavy atom. The van der Waals surface area contributed by atoms with Crippen molar-refractivity contribution in [3.8, 4) is 0 Å². The Balaban J connectivity index is 2.61. The van der Waals surface area contributed by atoms with Gasteiger partial charge in [-0.2, -0.15) is 0 Å². The summed E-state index contributed by atoms with van der Waals surface area (Å²) in [6.07, 6.45) is 2.87. The molecule has 0 atom stereocenters. The van der Waals surface area contributed by atoms with Crippen LogP contribution in [-0.4, -0.2) is 15.3 Å². The van der Waals surface area contributed by atoms with E-state index in [-0.39, 0.29) is 0 Å². The van der Waals surface area contributed by atoms with E-state index < -0.39 is 5.60 Å². The van der Waals surface area contributed by atoms with Crippen LogP contribution in [0.25, 0.3) is 10.9 Å². The van der Waals surface area contributed by atoms with E-state index >= 15 is 0 Å². The molecule has 18 heavy (non-hydrogen) atoms. The van der Waals surface area contributed by atoms with Crippen LogP contribution >= 0.6 is 0 Å². The van der Waals surface area contributed by atoms with E-state index in [1.54, 1.807) is 0 Å². The van der Waals surface area contributed by atoms with Gasteiger partial charge in [-0.25, -0.2) is 0 Å². The molecule has 0 radical (unpaired) electrons. The first kappa shape index (κ1) is 13.2. The lowest BCUT2D eigenvalue weighted by atomic mass is 9.98. The topological polar surface area (TPSA) is 25.2 Å². The number of benzene rings is 1. The molecule has 1 aromatic carbocycles. The zero-order valence-corrected chi connectivity index (χ0v) is 12.0. The highest BCUT2D eigenvalue weighted by molar-refractivity contribution is 5.85. The van der Waals surface area contributed by atoms with Crippen LogP contribution in [0.2, 0.25) is 0 Å². The molecule has 1 heterocycles. The standard InChI is InChI=1S/C16H23NO/c1-11(2)17-10-13(9-16(4,5)18)14-7-6-12(3)8-15(14)17/h6-8,10-11,18H,9H2,1-5H3. The van der Waals surface area contributed by atoms with Crippen molar-refractivity contribution in [1.82, 2.24) is 4.57 Å². The van der Waals surface area contributed by atoms with Gasteiger partial charge in [0.25, 0.3) is 0 Å². The minimum atomic E-state index is -0.666. The molecule has 0 bridgehead atoms. The summed E-state index contributed by atoms with van der Waals surface area (Å²) in [4.78, 5) is 0. The summed E-state index contributed by atoms with van der Waals surface area (Å²) in [7, 11) is 0. The Hall–Kier alpha value is -1.28. The molecule has 2 nitrogen and oxygen atoms in total. The van der Waals surface area contributed by atoms with Gasteiger partial charge in [0.15, 0.2) is 0 Å². The maximum Gasteiger partial charge on any atom is 0.0632 e. The molecule has 0 saturated heterocycles. The molecule has 0 amide bonds. The second-order valence-electron chi connectivity index (χ2n) is 6.17. The monoisotopic (exact) mass is 245 g/mol. The highest BCUT2D eigenvalue weighted by Crippen LogP contribution is 2.28. The number of hydrogen-bond acceptors (Lipinski definition) is 1. The van der Waals surface area contributed by atoms with Crippen molar-refractivity contribution in [3.63, 3.8) is 0 Å². The zero-order chi connectivity index (χ0) is 13.5. The molecule has 0 spiro atoms. The lowest BCUT2D eigenvalue weighted by molar-refractivity contribution is 0.0813. The quantitative estimate of drug-likeness (QED) is 0.873. The first-order chi connectivity index (χ1) is 8.28. The second-order valence-corrected chi connectivity index (χ2v) is 6.17. The number of rotatable bonds is 3. The van der Waals surface area contributed by atoms with Gasteiger partial charge < -0.3 is 9.67 Å². The molecular formula is C16H23NO. The maximum absolute atomic E-state index is 10.0. The first-order valence-electron chi connectivity index (χ1n) is 6.60. The van der Waals surface area contributed by atoms with Crippen molar-refractivity contribution in [2.75, 3.05) is 0 Å². The summed E-state index contributed by atoms with van der Waals surface area (Å²) in [6.45, 7) is 10.2. The van der Waals surface area contributed by atoms with E-state index in [1.807, 2.05) is 13.8 Å². The molecule has 0 fully saturated rings. The molecule has 0 aliphatic heterocycles. The Labute approximate surface area is 109 Å². The van der Waals surface area contributed by atoms with Crippen molar-refractivity contribution in [2.24, 2.45) is 0 Å². The van der Waals surface area contributed by atoms with Crippen molar-refractivity contribution >= 4 is 10.9 Å². The summed E-state index contributed by atoms with van der Waals surface area (Å²) in [6, 6.07) is 6.97. The fraction of sp³-hybridized carbons (Fsp3) is 0.500. The third kappa shape index (κ3) is 2.59. The van der Waals surface area contributed by atoms with Crippen LogP contribution < -0.4 is 0 Å². The highest BCUT2D eigenvalue weighted by atomic mass is 16.3. The van der Waals surface area contributed by atoms with E-state index in [4.69, 9.17) is 0 Å². The molecule has 1 aromatic heterocycles. The Bertz CT molecular complexity index is 558. The third-order valence-corrected chi connectivity index (χ3v) is 3.25. The molecule has 0 saturated carbocycles. The minimum absolute atomic E-state index is 0.435. The summed E-state index contributed by atoms with van der Waals surface area (Å²) in [5.41, 5.74) is 3.11. The van der Waals surface area contributed by atoms with Crippen LogP contribution in [-0.2, 0) is 6.42 Å². The van der Waals surface area contributed by atoms with E-state index in [0.717, 1.165) is 0 Å². The lowest BCUT2D eigenvalue weighted by Crippen LogP contribution is -2.21. The number of fused-ring (bicyclic) bond motifs is 1. The van der Waals surface area contributed by atoms with Crippen molar-refractivity contribution < 1.29 is 5.11 Å². The van der Waals surface area contributed by atoms with Crippen LogP contribution in [0, 0.1) is 6.92 Å². The Morgan fingerprint density at radius 3 is 2.50 bits per heavy atom.